The van der Waals surface area contributed by atoms with Gasteiger partial charge in [0.2, 0.25) is 0 Å². The summed E-state index contributed by atoms with van der Waals surface area (Å²) in [4.78, 5) is 0. The molecule has 2 nitrogen and oxygen atoms in total. The largest absolute Gasteiger partial charge is 0.501 e. The topological polar surface area (TPSA) is 29.5 Å². The molecular weight excluding hydrogens is 231 g/mol. The lowest BCUT2D eigenvalue weighted by Crippen LogP contribution is -2.08. The molecule has 0 amide bonds. The Morgan fingerprint density at radius 3 is 2.94 bits per heavy atom. The molecule has 4 heteroatoms. The molecule has 1 unspecified atom stereocenters. The summed E-state index contributed by atoms with van der Waals surface area (Å²) in [6.07, 6.45) is 2.25. The quantitative estimate of drug-likeness (QED) is 0.863. The zero-order chi connectivity index (χ0) is 11.5. The summed E-state index contributed by atoms with van der Waals surface area (Å²) in [6, 6.07) is 4.42. The lowest BCUT2D eigenvalue weighted by Gasteiger charge is -2.20. The molecule has 0 saturated heterocycles. The number of hydrogen-bond donors (Lipinski definition) is 1. The summed E-state index contributed by atoms with van der Waals surface area (Å²) >= 11 is 5.80. The van der Waals surface area contributed by atoms with E-state index in [4.69, 9.17) is 16.3 Å². The molecule has 16 heavy (non-hydrogen) atoms. The Kier molecular flexibility index (Phi) is 3.46. The SMILES string of the molecule is OC(C1=COCCC1)c1cccc(F)c1Cl. The Morgan fingerprint density at radius 2 is 2.25 bits per heavy atom. The minimum atomic E-state index is -0.886. The molecule has 0 radical (unpaired) electrons. The number of halogens is 2. The van der Waals surface area contributed by atoms with Gasteiger partial charge in [-0.2, -0.15) is 0 Å². The fourth-order valence-electron chi connectivity index (χ4n) is 1.72. The van der Waals surface area contributed by atoms with Crippen molar-refractivity contribution in [3.8, 4) is 0 Å². The third-order valence-corrected chi connectivity index (χ3v) is 2.99. The van der Waals surface area contributed by atoms with Gasteiger partial charge in [0.05, 0.1) is 17.9 Å². The number of hydrogen-bond acceptors (Lipinski definition) is 2. The zero-order valence-corrected chi connectivity index (χ0v) is 9.38. The van der Waals surface area contributed by atoms with Gasteiger partial charge in [0.1, 0.15) is 11.9 Å². The molecule has 0 fully saturated rings. The van der Waals surface area contributed by atoms with Crippen LogP contribution in [-0.4, -0.2) is 11.7 Å². The van der Waals surface area contributed by atoms with Crippen molar-refractivity contribution in [1.29, 1.82) is 0 Å². The van der Waals surface area contributed by atoms with E-state index in [0.29, 0.717) is 12.2 Å². The van der Waals surface area contributed by atoms with Crippen LogP contribution in [0.15, 0.2) is 30.0 Å². The molecule has 1 aliphatic rings. The Labute approximate surface area is 98.3 Å². The second-order valence-corrected chi connectivity index (χ2v) is 4.09. The van der Waals surface area contributed by atoms with E-state index in [1.165, 1.54) is 18.4 Å². The summed E-state index contributed by atoms with van der Waals surface area (Å²) in [5, 5.41) is 10.0. The molecular formula is C12H12ClFO2. The predicted molar refractivity (Wildman–Crippen MR) is 59.6 cm³/mol. The Morgan fingerprint density at radius 1 is 1.44 bits per heavy atom. The fourth-order valence-corrected chi connectivity index (χ4v) is 1.95. The maximum atomic E-state index is 13.2. The van der Waals surface area contributed by atoms with Crippen LogP contribution < -0.4 is 0 Å². The van der Waals surface area contributed by atoms with E-state index in [2.05, 4.69) is 0 Å². The van der Waals surface area contributed by atoms with E-state index in [1.807, 2.05) is 0 Å². The minimum absolute atomic E-state index is 0.0264. The first kappa shape index (κ1) is 11.4. The lowest BCUT2D eigenvalue weighted by atomic mass is 9.98. The van der Waals surface area contributed by atoms with Crippen molar-refractivity contribution >= 4 is 11.6 Å². The number of ether oxygens (including phenoxy) is 1. The summed E-state index contributed by atoms with van der Waals surface area (Å²) in [7, 11) is 0. The Balaban J connectivity index is 2.29. The molecule has 0 spiro atoms. The monoisotopic (exact) mass is 242 g/mol. The second-order valence-electron chi connectivity index (χ2n) is 3.71. The first-order chi connectivity index (χ1) is 7.70. The van der Waals surface area contributed by atoms with E-state index in [0.717, 1.165) is 18.4 Å². The van der Waals surface area contributed by atoms with Crippen LogP contribution in [0.3, 0.4) is 0 Å². The maximum absolute atomic E-state index is 13.2. The number of aliphatic hydroxyl groups excluding tert-OH is 1. The molecule has 0 aliphatic carbocycles. The van der Waals surface area contributed by atoms with E-state index >= 15 is 0 Å². The standard InChI is InChI=1S/C12H12ClFO2/c13-11-9(4-1-5-10(11)14)12(15)8-3-2-6-16-7-8/h1,4-5,7,12,15H,2-3,6H2. The van der Waals surface area contributed by atoms with Crippen molar-refractivity contribution in [3.63, 3.8) is 0 Å². The summed E-state index contributed by atoms with van der Waals surface area (Å²) in [5.74, 6) is -0.518. The third-order valence-electron chi connectivity index (χ3n) is 2.59. The van der Waals surface area contributed by atoms with Gasteiger partial charge >= 0.3 is 0 Å². The summed E-state index contributed by atoms with van der Waals surface area (Å²) in [5.41, 5.74) is 1.12. The highest BCUT2D eigenvalue weighted by atomic mass is 35.5. The van der Waals surface area contributed by atoms with Gasteiger partial charge in [-0.1, -0.05) is 23.7 Å². The molecule has 0 saturated carbocycles. The molecule has 1 aromatic rings. The van der Waals surface area contributed by atoms with Crippen molar-refractivity contribution in [2.24, 2.45) is 0 Å². The van der Waals surface area contributed by atoms with Crippen LogP contribution in [0.5, 0.6) is 0 Å². The summed E-state index contributed by atoms with van der Waals surface area (Å²) < 4.78 is 18.3. The van der Waals surface area contributed by atoms with Gasteiger partial charge in [-0.05, 0) is 24.5 Å². The van der Waals surface area contributed by atoms with Crippen molar-refractivity contribution in [3.05, 3.63) is 46.4 Å². The highest BCUT2D eigenvalue weighted by molar-refractivity contribution is 6.31. The van der Waals surface area contributed by atoms with E-state index in [-0.39, 0.29) is 5.02 Å². The molecule has 1 aliphatic heterocycles. The smallest absolute Gasteiger partial charge is 0.142 e. The number of benzene rings is 1. The predicted octanol–water partition coefficient (Wildman–Crippen LogP) is 3.21. The van der Waals surface area contributed by atoms with Gasteiger partial charge in [0.25, 0.3) is 0 Å². The first-order valence-electron chi connectivity index (χ1n) is 5.12. The fraction of sp³-hybridized carbons (Fsp3) is 0.333. The van der Waals surface area contributed by atoms with Crippen LogP contribution in [0, 0.1) is 5.82 Å². The Bertz CT molecular complexity index is 417. The molecule has 86 valence electrons. The van der Waals surface area contributed by atoms with Gasteiger partial charge in [0.15, 0.2) is 0 Å². The average Bonchev–Trinajstić information content (AvgIpc) is 2.33. The van der Waals surface area contributed by atoms with Gasteiger partial charge in [-0.3, -0.25) is 0 Å². The highest BCUT2D eigenvalue weighted by Crippen LogP contribution is 2.32. The molecule has 0 aromatic heterocycles. The normalized spacial score (nSPS) is 17.6. The lowest BCUT2D eigenvalue weighted by molar-refractivity contribution is 0.170. The van der Waals surface area contributed by atoms with Crippen LogP contribution in [0.1, 0.15) is 24.5 Å². The minimum Gasteiger partial charge on any atom is -0.501 e. The second kappa shape index (κ2) is 4.85. The zero-order valence-electron chi connectivity index (χ0n) is 8.62. The molecule has 1 heterocycles. The molecule has 2 rings (SSSR count). The summed E-state index contributed by atoms with van der Waals surface area (Å²) in [6.45, 7) is 0.660. The maximum Gasteiger partial charge on any atom is 0.142 e. The van der Waals surface area contributed by atoms with Crippen molar-refractivity contribution in [2.75, 3.05) is 6.61 Å². The van der Waals surface area contributed by atoms with Gasteiger partial charge in [-0.25, -0.2) is 4.39 Å². The van der Waals surface area contributed by atoms with Crippen LogP contribution >= 0.6 is 11.6 Å². The first-order valence-corrected chi connectivity index (χ1v) is 5.50. The highest BCUT2D eigenvalue weighted by Gasteiger charge is 2.20. The van der Waals surface area contributed by atoms with Gasteiger partial charge < -0.3 is 9.84 Å². The number of rotatable bonds is 2. The van der Waals surface area contributed by atoms with Gasteiger partial charge in [-0.15, -0.1) is 0 Å². The molecule has 0 bridgehead atoms. The Hall–Kier alpha value is -1.06. The van der Waals surface area contributed by atoms with Crippen molar-refractivity contribution in [2.45, 2.75) is 18.9 Å². The number of aliphatic hydroxyl groups is 1. The van der Waals surface area contributed by atoms with Crippen molar-refractivity contribution in [1.82, 2.24) is 0 Å². The van der Waals surface area contributed by atoms with E-state index in [9.17, 15) is 9.50 Å². The van der Waals surface area contributed by atoms with Crippen LogP contribution in [0.4, 0.5) is 4.39 Å². The molecule has 1 aromatic carbocycles. The van der Waals surface area contributed by atoms with E-state index < -0.39 is 11.9 Å². The van der Waals surface area contributed by atoms with Crippen LogP contribution in [0.2, 0.25) is 5.02 Å². The van der Waals surface area contributed by atoms with Crippen LogP contribution in [0.25, 0.3) is 0 Å². The van der Waals surface area contributed by atoms with Gasteiger partial charge in [0, 0.05) is 5.56 Å². The van der Waals surface area contributed by atoms with Crippen molar-refractivity contribution < 1.29 is 14.2 Å². The van der Waals surface area contributed by atoms with Crippen LogP contribution in [-0.2, 0) is 4.74 Å². The third kappa shape index (κ3) is 2.20. The average molecular weight is 243 g/mol. The molecule has 1 N–H and O–H groups in total. The van der Waals surface area contributed by atoms with E-state index in [1.54, 1.807) is 6.07 Å². The molecule has 1 atom stereocenters.